The second-order valence-electron chi connectivity index (χ2n) is 4.23. The van der Waals surface area contributed by atoms with Gasteiger partial charge in [-0.05, 0) is 19.8 Å². The van der Waals surface area contributed by atoms with Crippen molar-refractivity contribution in [2.45, 2.75) is 25.1 Å². The van der Waals surface area contributed by atoms with Crippen molar-refractivity contribution in [1.82, 2.24) is 10.2 Å². The molecule has 0 bridgehead atoms. The van der Waals surface area contributed by atoms with Gasteiger partial charge in [0.25, 0.3) is 0 Å². The zero-order valence-electron chi connectivity index (χ0n) is 9.60. The Bertz CT molecular complexity index is 407. The number of nitrogens with zero attached hydrogens (tertiary/aromatic N) is 3. The van der Waals surface area contributed by atoms with Crippen molar-refractivity contribution >= 4 is 23.5 Å². The van der Waals surface area contributed by atoms with Gasteiger partial charge in [0.05, 0.1) is 5.92 Å². The maximum absolute atomic E-state index is 11.2. The molecule has 94 valence electrons. The molecule has 1 aromatic rings. The average molecular weight is 259 g/mol. The number of aromatic nitrogens is 2. The Labute approximate surface area is 104 Å². The summed E-state index contributed by atoms with van der Waals surface area (Å²) in [5, 5.41) is 7.47. The molecule has 1 saturated heterocycles. The minimum Gasteiger partial charge on any atom is -0.406 e. The molecule has 6 nitrogen and oxygen atoms in total. The number of hydrogen-bond acceptors (Lipinski definition) is 5. The monoisotopic (exact) mass is 258 g/mol. The highest BCUT2D eigenvalue weighted by Gasteiger charge is 2.27. The standard InChI is InChI=1S/C10H15ClN4O2/c1-6(11)9-13-14-10(17-9)15-4-2-3-7(5-15)8(12)16/h6-7H,2-5H2,1H3,(H2,12,16). The molecule has 1 aliphatic rings. The molecule has 1 aromatic heterocycles. The molecule has 1 fully saturated rings. The number of anilines is 1. The van der Waals surface area contributed by atoms with Gasteiger partial charge in [0.1, 0.15) is 5.38 Å². The first-order valence-electron chi connectivity index (χ1n) is 5.59. The zero-order chi connectivity index (χ0) is 12.4. The highest BCUT2D eigenvalue weighted by atomic mass is 35.5. The van der Waals surface area contributed by atoms with Crippen LogP contribution >= 0.6 is 11.6 Å². The van der Waals surface area contributed by atoms with Gasteiger partial charge in [-0.15, -0.1) is 16.7 Å². The van der Waals surface area contributed by atoms with Gasteiger partial charge in [-0.2, -0.15) is 0 Å². The van der Waals surface area contributed by atoms with Crippen molar-refractivity contribution in [1.29, 1.82) is 0 Å². The number of alkyl halides is 1. The van der Waals surface area contributed by atoms with E-state index in [1.807, 2.05) is 4.90 Å². The van der Waals surface area contributed by atoms with Crippen LogP contribution in [0.25, 0.3) is 0 Å². The summed E-state index contributed by atoms with van der Waals surface area (Å²) in [5.41, 5.74) is 5.31. The van der Waals surface area contributed by atoms with E-state index in [4.69, 9.17) is 21.8 Å². The van der Waals surface area contributed by atoms with E-state index < -0.39 is 0 Å². The van der Waals surface area contributed by atoms with Gasteiger partial charge in [0.2, 0.25) is 11.8 Å². The molecule has 0 aromatic carbocycles. The lowest BCUT2D eigenvalue weighted by Gasteiger charge is -2.29. The Morgan fingerprint density at radius 3 is 3.00 bits per heavy atom. The highest BCUT2D eigenvalue weighted by molar-refractivity contribution is 6.20. The molecule has 2 heterocycles. The normalized spacial score (nSPS) is 22.5. The van der Waals surface area contributed by atoms with E-state index in [1.165, 1.54) is 0 Å². The summed E-state index contributed by atoms with van der Waals surface area (Å²) in [6.45, 7) is 3.09. The lowest BCUT2D eigenvalue weighted by Crippen LogP contribution is -2.41. The maximum Gasteiger partial charge on any atom is 0.318 e. The van der Waals surface area contributed by atoms with Gasteiger partial charge in [-0.25, -0.2) is 0 Å². The molecule has 0 aliphatic carbocycles. The minimum atomic E-state index is -0.312. The van der Waals surface area contributed by atoms with Gasteiger partial charge >= 0.3 is 6.01 Å². The molecule has 1 aliphatic heterocycles. The number of primary amides is 1. The molecule has 1 amide bonds. The van der Waals surface area contributed by atoms with Crippen LogP contribution in [-0.4, -0.2) is 29.2 Å². The van der Waals surface area contributed by atoms with Gasteiger partial charge in [0, 0.05) is 13.1 Å². The quantitative estimate of drug-likeness (QED) is 0.820. The van der Waals surface area contributed by atoms with Crippen LogP contribution in [0.4, 0.5) is 6.01 Å². The molecule has 2 N–H and O–H groups in total. The second-order valence-corrected chi connectivity index (χ2v) is 4.88. The van der Waals surface area contributed by atoms with Crippen molar-refractivity contribution < 1.29 is 9.21 Å². The Morgan fingerprint density at radius 2 is 2.41 bits per heavy atom. The highest BCUT2D eigenvalue weighted by Crippen LogP contribution is 2.25. The van der Waals surface area contributed by atoms with E-state index in [0.717, 1.165) is 19.4 Å². The van der Waals surface area contributed by atoms with Crippen LogP contribution in [0, 0.1) is 5.92 Å². The largest absolute Gasteiger partial charge is 0.406 e. The summed E-state index contributed by atoms with van der Waals surface area (Å²) in [6, 6.07) is 0.415. The average Bonchev–Trinajstić information content (AvgIpc) is 2.78. The van der Waals surface area contributed by atoms with E-state index in [1.54, 1.807) is 6.92 Å². The van der Waals surface area contributed by atoms with E-state index in [2.05, 4.69) is 10.2 Å². The summed E-state index contributed by atoms with van der Waals surface area (Å²) in [7, 11) is 0. The fraction of sp³-hybridized carbons (Fsp3) is 0.700. The number of halogens is 1. The van der Waals surface area contributed by atoms with E-state index in [-0.39, 0.29) is 17.2 Å². The number of piperidine rings is 1. The Hall–Kier alpha value is -1.30. The lowest BCUT2D eigenvalue weighted by molar-refractivity contribution is -0.122. The van der Waals surface area contributed by atoms with Crippen LogP contribution in [0.5, 0.6) is 0 Å². The second kappa shape index (κ2) is 4.91. The van der Waals surface area contributed by atoms with Crippen molar-refractivity contribution in [3.05, 3.63) is 5.89 Å². The first-order chi connectivity index (χ1) is 8.08. The Kier molecular flexibility index (Phi) is 3.51. The molecular formula is C10H15ClN4O2. The van der Waals surface area contributed by atoms with Crippen molar-refractivity contribution in [3.8, 4) is 0 Å². The van der Waals surface area contributed by atoms with Crippen molar-refractivity contribution in [3.63, 3.8) is 0 Å². The fourth-order valence-corrected chi connectivity index (χ4v) is 1.99. The predicted octanol–water partition coefficient (Wildman–Crippen LogP) is 1.07. The zero-order valence-corrected chi connectivity index (χ0v) is 10.4. The third kappa shape index (κ3) is 2.69. The molecule has 17 heavy (non-hydrogen) atoms. The summed E-state index contributed by atoms with van der Waals surface area (Å²) in [6.07, 6.45) is 1.71. The van der Waals surface area contributed by atoms with Gasteiger partial charge in [-0.1, -0.05) is 5.10 Å². The molecule has 0 radical (unpaired) electrons. The number of hydrogen-bond donors (Lipinski definition) is 1. The van der Waals surface area contributed by atoms with Gasteiger partial charge < -0.3 is 15.1 Å². The summed E-state index contributed by atoms with van der Waals surface area (Å²) in [5.74, 6) is -0.0319. The maximum atomic E-state index is 11.2. The van der Waals surface area contributed by atoms with Crippen LogP contribution in [-0.2, 0) is 4.79 Å². The number of nitrogens with two attached hydrogens (primary N) is 1. The SMILES string of the molecule is CC(Cl)c1nnc(N2CCCC(C(N)=O)C2)o1. The first kappa shape index (κ1) is 12.2. The summed E-state index contributed by atoms with van der Waals surface area (Å²) >= 11 is 5.85. The molecular weight excluding hydrogens is 244 g/mol. The van der Waals surface area contributed by atoms with Crippen LogP contribution in [0.2, 0.25) is 0 Å². The summed E-state index contributed by atoms with van der Waals surface area (Å²) < 4.78 is 5.43. The number of rotatable bonds is 3. The van der Waals surface area contributed by atoms with E-state index >= 15 is 0 Å². The third-order valence-electron chi connectivity index (χ3n) is 2.86. The van der Waals surface area contributed by atoms with Crippen LogP contribution in [0.1, 0.15) is 31.0 Å². The van der Waals surface area contributed by atoms with E-state index in [0.29, 0.717) is 18.5 Å². The predicted molar refractivity (Wildman–Crippen MR) is 62.7 cm³/mol. The first-order valence-corrected chi connectivity index (χ1v) is 6.03. The van der Waals surface area contributed by atoms with Crippen molar-refractivity contribution in [2.24, 2.45) is 11.7 Å². The van der Waals surface area contributed by atoms with E-state index in [9.17, 15) is 4.79 Å². The third-order valence-corrected chi connectivity index (χ3v) is 3.05. The van der Waals surface area contributed by atoms with Crippen molar-refractivity contribution in [2.75, 3.05) is 18.0 Å². The number of amides is 1. The topological polar surface area (TPSA) is 85.3 Å². The Morgan fingerprint density at radius 1 is 1.65 bits per heavy atom. The molecule has 2 atom stereocenters. The Balaban J connectivity index is 2.08. The molecule has 2 rings (SSSR count). The number of carbonyl (C=O) groups excluding carboxylic acids is 1. The fourth-order valence-electron chi connectivity index (χ4n) is 1.90. The van der Waals surface area contributed by atoms with Gasteiger partial charge in [-0.3, -0.25) is 4.79 Å². The van der Waals surface area contributed by atoms with Crippen LogP contribution in [0.15, 0.2) is 4.42 Å². The lowest BCUT2D eigenvalue weighted by atomic mass is 9.98. The molecule has 0 saturated carbocycles. The molecule has 2 unspecified atom stereocenters. The molecule has 0 spiro atoms. The summed E-state index contributed by atoms with van der Waals surface area (Å²) in [4.78, 5) is 13.0. The minimum absolute atomic E-state index is 0.146. The number of carbonyl (C=O) groups is 1. The van der Waals surface area contributed by atoms with Crippen LogP contribution in [0.3, 0.4) is 0 Å². The van der Waals surface area contributed by atoms with Crippen LogP contribution < -0.4 is 10.6 Å². The van der Waals surface area contributed by atoms with Gasteiger partial charge in [0.15, 0.2) is 0 Å². The molecule has 7 heteroatoms. The smallest absolute Gasteiger partial charge is 0.318 e.